The van der Waals surface area contributed by atoms with Crippen molar-refractivity contribution in [2.45, 2.75) is 27.2 Å². The van der Waals surface area contributed by atoms with Gasteiger partial charge in [0.2, 0.25) is 0 Å². The molecule has 0 amide bonds. The third-order valence-corrected chi connectivity index (χ3v) is 2.12. The van der Waals surface area contributed by atoms with Gasteiger partial charge in [0.15, 0.2) is 0 Å². The second-order valence-electron chi connectivity index (χ2n) is 3.32. The molecule has 0 bridgehead atoms. The van der Waals surface area contributed by atoms with Crippen molar-refractivity contribution in [1.82, 2.24) is 0 Å². The minimum atomic E-state index is 0.458. The van der Waals surface area contributed by atoms with E-state index < -0.39 is 0 Å². The predicted octanol–water partition coefficient (Wildman–Crippen LogP) is 4.28. The van der Waals surface area contributed by atoms with Gasteiger partial charge in [-0.3, -0.25) is 0 Å². The summed E-state index contributed by atoms with van der Waals surface area (Å²) >= 11 is 0. The molecule has 0 aliphatic carbocycles. The largest absolute Gasteiger partial charge is 0.0996 e. The Morgan fingerprint density at radius 1 is 1.46 bits per heavy atom. The molecule has 0 aromatic heterocycles. The molecule has 0 saturated heterocycles. The monoisotopic (exact) mass is 176 g/mol. The van der Waals surface area contributed by atoms with Gasteiger partial charge in [-0.2, -0.15) is 0 Å². The van der Waals surface area contributed by atoms with Gasteiger partial charge in [0.25, 0.3) is 0 Å². The maximum atomic E-state index is 3.91. The van der Waals surface area contributed by atoms with E-state index in [1.54, 1.807) is 0 Å². The van der Waals surface area contributed by atoms with Gasteiger partial charge in [0.05, 0.1) is 0 Å². The van der Waals surface area contributed by atoms with Crippen molar-refractivity contribution < 1.29 is 0 Å². The van der Waals surface area contributed by atoms with Crippen molar-refractivity contribution in [1.29, 1.82) is 0 Å². The molecule has 0 fully saturated rings. The van der Waals surface area contributed by atoms with Crippen LogP contribution < -0.4 is 0 Å². The van der Waals surface area contributed by atoms with Crippen LogP contribution in [0.15, 0.2) is 48.6 Å². The fourth-order valence-corrected chi connectivity index (χ4v) is 0.875. The van der Waals surface area contributed by atoms with Gasteiger partial charge in [-0.25, -0.2) is 0 Å². The van der Waals surface area contributed by atoms with Crippen LogP contribution in [0.1, 0.15) is 27.2 Å². The Hall–Kier alpha value is -1.04. The van der Waals surface area contributed by atoms with E-state index in [1.165, 1.54) is 11.1 Å². The maximum Gasteiger partial charge on any atom is -0.00539 e. The summed E-state index contributed by atoms with van der Waals surface area (Å²) in [6, 6.07) is 0. The molecule has 0 aromatic rings. The molecular weight excluding hydrogens is 156 g/mol. The first-order valence-electron chi connectivity index (χ1n) is 4.77. The summed E-state index contributed by atoms with van der Waals surface area (Å²) in [5, 5.41) is 0. The molecule has 0 aromatic carbocycles. The summed E-state index contributed by atoms with van der Waals surface area (Å²) in [4.78, 5) is 0. The van der Waals surface area contributed by atoms with Crippen LogP contribution in [0, 0.1) is 5.92 Å². The summed E-state index contributed by atoms with van der Waals surface area (Å²) in [5.74, 6) is 0.458. The van der Waals surface area contributed by atoms with E-state index in [0.29, 0.717) is 5.92 Å². The van der Waals surface area contributed by atoms with Crippen molar-refractivity contribution in [3.05, 3.63) is 48.6 Å². The Bertz CT molecular complexity index is 228. The number of hydrogen-bond donors (Lipinski definition) is 0. The SMILES string of the molecule is C=C/C=C(\C=C/C(C)C(=C)C)CC. The summed E-state index contributed by atoms with van der Waals surface area (Å²) < 4.78 is 0. The van der Waals surface area contributed by atoms with E-state index in [4.69, 9.17) is 0 Å². The van der Waals surface area contributed by atoms with Gasteiger partial charge in [-0.05, 0) is 24.8 Å². The highest BCUT2D eigenvalue weighted by Crippen LogP contribution is 2.11. The topological polar surface area (TPSA) is 0 Å². The molecule has 0 radical (unpaired) electrons. The van der Waals surface area contributed by atoms with E-state index in [2.05, 4.69) is 46.1 Å². The van der Waals surface area contributed by atoms with E-state index in [9.17, 15) is 0 Å². The number of allylic oxidation sites excluding steroid dienone is 6. The zero-order valence-corrected chi connectivity index (χ0v) is 9.01. The van der Waals surface area contributed by atoms with Gasteiger partial charge >= 0.3 is 0 Å². The Kier molecular flexibility index (Phi) is 5.96. The van der Waals surface area contributed by atoms with Crippen molar-refractivity contribution in [3.63, 3.8) is 0 Å². The first kappa shape index (κ1) is 12.0. The van der Waals surface area contributed by atoms with Crippen LogP contribution in [0.4, 0.5) is 0 Å². The second kappa shape index (κ2) is 6.47. The van der Waals surface area contributed by atoms with Gasteiger partial charge < -0.3 is 0 Å². The third-order valence-electron chi connectivity index (χ3n) is 2.12. The molecule has 72 valence electrons. The van der Waals surface area contributed by atoms with Gasteiger partial charge in [0, 0.05) is 0 Å². The highest BCUT2D eigenvalue weighted by atomic mass is 14.0. The van der Waals surface area contributed by atoms with Crippen molar-refractivity contribution in [2.24, 2.45) is 5.92 Å². The standard InChI is InChI=1S/C13H20/c1-6-8-13(7-2)10-9-12(5)11(3)4/h6,8-10,12H,1,3,7H2,2,4-5H3/b10-9-,13-8-. The normalized spacial score (nSPS) is 14.5. The van der Waals surface area contributed by atoms with Crippen molar-refractivity contribution in [2.75, 3.05) is 0 Å². The van der Waals surface area contributed by atoms with Crippen LogP contribution in [0.25, 0.3) is 0 Å². The lowest BCUT2D eigenvalue weighted by molar-refractivity contribution is 0.865. The first-order chi connectivity index (χ1) is 6.11. The van der Waals surface area contributed by atoms with E-state index >= 15 is 0 Å². The summed E-state index contributed by atoms with van der Waals surface area (Å²) in [5.41, 5.74) is 2.51. The molecule has 1 unspecified atom stereocenters. The van der Waals surface area contributed by atoms with E-state index in [0.717, 1.165) is 6.42 Å². The lowest BCUT2D eigenvalue weighted by atomic mass is 10.0. The summed E-state index contributed by atoms with van der Waals surface area (Å²) in [7, 11) is 0. The molecular formula is C13H20. The van der Waals surface area contributed by atoms with E-state index in [1.807, 2.05) is 12.2 Å². The van der Waals surface area contributed by atoms with Crippen LogP contribution in [-0.2, 0) is 0 Å². The van der Waals surface area contributed by atoms with Crippen LogP contribution in [0.2, 0.25) is 0 Å². The minimum absolute atomic E-state index is 0.458. The highest BCUT2D eigenvalue weighted by Gasteiger charge is 1.95. The molecule has 0 heteroatoms. The molecule has 0 N–H and O–H groups in total. The lowest BCUT2D eigenvalue weighted by Crippen LogP contribution is -1.89. The molecule has 0 saturated carbocycles. The molecule has 0 rings (SSSR count). The molecule has 0 heterocycles. The Morgan fingerprint density at radius 3 is 2.46 bits per heavy atom. The van der Waals surface area contributed by atoms with Crippen molar-refractivity contribution >= 4 is 0 Å². The fraction of sp³-hybridized carbons (Fsp3) is 0.385. The van der Waals surface area contributed by atoms with Gasteiger partial charge in [-0.15, -0.1) is 0 Å². The molecule has 0 spiro atoms. The molecule has 0 aliphatic heterocycles. The maximum absolute atomic E-state index is 3.91. The lowest BCUT2D eigenvalue weighted by Gasteiger charge is -2.04. The third kappa shape index (κ3) is 5.24. The molecule has 0 nitrogen and oxygen atoms in total. The predicted molar refractivity (Wildman–Crippen MR) is 61.7 cm³/mol. The molecule has 0 aliphatic rings. The van der Waals surface area contributed by atoms with Crippen LogP contribution in [0.5, 0.6) is 0 Å². The summed E-state index contributed by atoms with van der Waals surface area (Å²) in [6.45, 7) is 13.9. The first-order valence-corrected chi connectivity index (χ1v) is 4.77. The van der Waals surface area contributed by atoms with Gasteiger partial charge in [0.1, 0.15) is 0 Å². The zero-order valence-electron chi connectivity index (χ0n) is 9.01. The van der Waals surface area contributed by atoms with Crippen LogP contribution in [-0.4, -0.2) is 0 Å². The fourth-order valence-electron chi connectivity index (χ4n) is 0.875. The Balaban J connectivity index is 4.30. The smallest absolute Gasteiger partial charge is 0.00539 e. The Labute approximate surface area is 82.4 Å². The van der Waals surface area contributed by atoms with Crippen LogP contribution >= 0.6 is 0 Å². The highest BCUT2D eigenvalue weighted by molar-refractivity contribution is 5.24. The number of rotatable bonds is 5. The molecule has 13 heavy (non-hydrogen) atoms. The van der Waals surface area contributed by atoms with Gasteiger partial charge in [-0.1, -0.05) is 56.9 Å². The second-order valence-corrected chi connectivity index (χ2v) is 3.32. The van der Waals surface area contributed by atoms with E-state index in [-0.39, 0.29) is 0 Å². The average Bonchev–Trinajstić information content (AvgIpc) is 2.11. The minimum Gasteiger partial charge on any atom is -0.0996 e. The Morgan fingerprint density at radius 2 is 2.08 bits per heavy atom. The van der Waals surface area contributed by atoms with Crippen molar-refractivity contribution in [3.8, 4) is 0 Å². The van der Waals surface area contributed by atoms with Crippen LogP contribution in [0.3, 0.4) is 0 Å². The quantitative estimate of drug-likeness (QED) is 0.433. The average molecular weight is 176 g/mol. The molecule has 1 atom stereocenters. The summed E-state index contributed by atoms with van der Waals surface area (Å²) in [6.07, 6.45) is 9.25. The zero-order chi connectivity index (χ0) is 10.3. The number of hydrogen-bond acceptors (Lipinski definition) is 0.